The molecular formula is C25H31N7O3S. The van der Waals surface area contributed by atoms with Gasteiger partial charge in [0.05, 0.1) is 16.9 Å². The number of aromatic nitrogens is 3. The lowest BCUT2D eigenvalue weighted by molar-refractivity contribution is 0.0574. The van der Waals surface area contributed by atoms with E-state index in [-0.39, 0.29) is 12.0 Å². The Hall–Kier alpha value is -3.47. The highest BCUT2D eigenvalue weighted by molar-refractivity contribution is 7.20. The molecule has 0 atom stereocenters. The van der Waals surface area contributed by atoms with Crippen molar-refractivity contribution in [1.82, 2.24) is 24.8 Å². The van der Waals surface area contributed by atoms with Crippen LogP contribution in [0, 0.1) is 13.8 Å². The van der Waals surface area contributed by atoms with Crippen LogP contribution in [0.5, 0.6) is 0 Å². The molecule has 2 amide bonds. The van der Waals surface area contributed by atoms with Crippen LogP contribution in [0.15, 0.2) is 24.4 Å². The second-order valence-electron chi connectivity index (χ2n) is 8.97. The first-order valence-corrected chi connectivity index (χ1v) is 13.2. The molecule has 2 fully saturated rings. The Morgan fingerprint density at radius 3 is 2.31 bits per heavy atom. The quantitative estimate of drug-likeness (QED) is 0.530. The molecule has 2 aliphatic heterocycles. The molecule has 2 aliphatic rings. The number of hydrogen-bond donors (Lipinski definition) is 0. The van der Waals surface area contributed by atoms with Gasteiger partial charge in [-0.1, -0.05) is 6.07 Å². The second-order valence-corrected chi connectivity index (χ2v) is 9.97. The molecule has 0 radical (unpaired) electrons. The molecule has 0 aromatic carbocycles. The van der Waals surface area contributed by atoms with Crippen LogP contribution < -0.4 is 9.80 Å². The second kappa shape index (κ2) is 10.3. The Bertz CT molecular complexity index is 1250. The molecule has 0 unspecified atom stereocenters. The number of rotatable bonds is 4. The molecule has 11 heteroatoms. The molecule has 3 aromatic rings. The number of piperazine rings is 2. The summed E-state index contributed by atoms with van der Waals surface area (Å²) in [5.41, 5.74) is 0.926. The smallest absolute Gasteiger partial charge is 0.409 e. The van der Waals surface area contributed by atoms with E-state index in [4.69, 9.17) is 9.72 Å². The standard InChI is InChI=1S/C25H31N7O3S/c1-4-35-25(34)32-15-13-31(14-16-32)24(33)21-17(2)20-22(27-18(3)28-23(20)36-21)30-11-9-29(10-12-30)19-7-5-6-8-26-19/h5-8H,4,9-16H2,1-3H3. The lowest BCUT2D eigenvalue weighted by Gasteiger charge is -2.36. The summed E-state index contributed by atoms with van der Waals surface area (Å²) in [5.74, 6) is 2.58. The molecule has 36 heavy (non-hydrogen) atoms. The van der Waals surface area contributed by atoms with Crippen molar-refractivity contribution >= 4 is 45.2 Å². The van der Waals surface area contributed by atoms with Gasteiger partial charge in [-0.3, -0.25) is 4.79 Å². The van der Waals surface area contributed by atoms with Crippen LogP contribution in [0.1, 0.15) is 28.0 Å². The molecule has 5 heterocycles. The highest BCUT2D eigenvalue weighted by atomic mass is 32.1. The summed E-state index contributed by atoms with van der Waals surface area (Å²) in [6.07, 6.45) is 1.50. The van der Waals surface area contributed by atoms with Gasteiger partial charge in [-0.2, -0.15) is 0 Å². The zero-order valence-corrected chi connectivity index (χ0v) is 21.8. The maximum absolute atomic E-state index is 13.5. The summed E-state index contributed by atoms with van der Waals surface area (Å²) in [5, 5.41) is 0.963. The Kier molecular flexibility index (Phi) is 6.90. The van der Waals surface area contributed by atoms with Gasteiger partial charge in [-0.25, -0.2) is 19.7 Å². The van der Waals surface area contributed by atoms with Crippen LogP contribution in [0.4, 0.5) is 16.4 Å². The van der Waals surface area contributed by atoms with Gasteiger partial charge >= 0.3 is 6.09 Å². The number of amides is 2. The van der Waals surface area contributed by atoms with Crippen LogP contribution in [-0.2, 0) is 4.74 Å². The molecule has 0 saturated carbocycles. The highest BCUT2D eigenvalue weighted by Crippen LogP contribution is 2.36. The van der Waals surface area contributed by atoms with E-state index in [9.17, 15) is 9.59 Å². The van der Waals surface area contributed by atoms with E-state index in [0.717, 1.165) is 53.6 Å². The van der Waals surface area contributed by atoms with Gasteiger partial charge in [0, 0.05) is 58.6 Å². The maximum atomic E-state index is 13.5. The molecule has 190 valence electrons. The molecule has 2 saturated heterocycles. The number of ether oxygens (including phenoxy) is 1. The van der Waals surface area contributed by atoms with E-state index in [0.29, 0.717) is 43.5 Å². The van der Waals surface area contributed by atoms with E-state index < -0.39 is 0 Å². The minimum atomic E-state index is -0.318. The minimum absolute atomic E-state index is 0.0115. The maximum Gasteiger partial charge on any atom is 0.409 e. The van der Waals surface area contributed by atoms with Crippen molar-refractivity contribution < 1.29 is 14.3 Å². The zero-order chi connectivity index (χ0) is 25.2. The largest absolute Gasteiger partial charge is 0.450 e. The monoisotopic (exact) mass is 509 g/mol. The number of aryl methyl sites for hydroxylation is 2. The van der Waals surface area contributed by atoms with Gasteiger partial charge in [0.2, 0.25) is 0 Å². The van der Waals surface area contributed by atoms with Crippen molar-refractivity contribution in [2.24, 2.45) is 0 Å². The van der Waals surface area contributed by atoms with E-state index in [2.05, 4.69) is 19.8 Å². The summed E-state index contributed by atoms with van der Waals surface area (Å²) < 4.78 is 5.09. The first-order valence-electron chi connectivity index (χ1n) is 12.4. The van der Waals surface area contributed by atoms with Crippen LogP contribution in [-0.4, -0.2) is 95.7 Å². The van der Waals surface area contributed by atoms with Gasteiger partial charge in [0.1, 0.15) is 22.3 Å². The van der Waals surface area contributed by atoms with E-state index in [1.165, 1.54) is 11.3 Å². The van der Waals surface area contributed by atoms with Crippen LogP contribution in [0.25, 0.3) is 10.2 Å². The topological polar surface area (TPSA) is 95.0 Å². The lowest BCUT2D eigenvalue weighted by Crippen LogP contribution is -2.50. The molecule has 5 rings (SSSR count). The lowest BCUT2D eigenvalue weighted by atomic mass is 10.1. The fraction of sp³-hybridized carbons (Fsp3) is 0.480. The van der Waals surface area contributed by atoms with Crippen molar-refractivity contribution in [1.29, 1.82) is 0 Å². The summed E-state index contributed by atoms with van der Waals surface area (Å²) in [6.45, 7) is 11.3. The number of pyridine rings is 1. The third-order valence-electron chi connectivity index (χ3n) is 6.72. The van der Waals surface area contributed by atoms with Crippen molar-refractivity contribution in [3.05, 3.63) is 40.7 Å². The van der Waals surface area contributed by atoms with Crippen LogP contribution in [0.3, 0.4) is 0 Å². The molecule has 0 bridgehead atoms. The number of thiophene rings is 1. The van der Waals surface area contributed by atoms with Crippen LogP contribution >= 0.6 is 11.3 Å². The number of anilines is 2. The Morgan fingerprint density at radius 2 is 1.64 bits per heavy atom. The highest BCUT2D eigenvalue weighted by Gasteiger charge is 2.30. The van der Waals surface area contributed by atoms with Gasteiger partial charge in [0.25, 0.3) is 5.91 Å². The minimum Gasteiger partial charge on any atom is -0.450 e. The zero-order valence-electron chi connectivity index (χ0n) is 20.9. The summed E-state index contributed by atoms with van der Waals surface area (Å²) in [7, 11) is 0. The molecule has 3 aromatic heterocycles. The molecule has 0 N–H and O–H groups in total. The fourth-order valence-corrected chi connectivity index (χ4v) is 5.98. The SMILES string of the molecule is CCOC(=O)N1CCN(C(=O)c2sc3nc(C)nc(N4CCN(c5ccccn5)CC4)c3c2C)CC1. The number of nitrogens with zero attached hydrogens (tertiary/aromatic N) is 7. The molecule has 0 spiro atoms. The summed E-state index contributed by atoms with van der Waals surface area (Å²) in [6, 6.07) is 5.98. The average molecular weight is 510 g/mol. The van der Waals surface area contributed by atoms with E-state index in [1.54, 1.807) is 11.8 Å². The number of fused-ring (bicyclic) bond motifs is 1. The Balaban J connectivity index is 1.35. The predicted octanol–water partition coefficient (Wildman–Crippen LogP) is 2.94. The first kappa shape index (κ1) is 24.2. The third kappa shape index (κ3) is 4.67. The Morgan fingerprint density at radius 1 is 0.944 bits per heavy atom. The molecular weight excluding hydrogens is 478 g/mol. The number of carbonyl (C=O) groups is 2. The van der Waals surface area contributed by atoms with Crippen molar-refractivity contribution in [3.63, 3.8) is 0 Å². The van der Waals surface area contributed by atoms with Gasteiger partial charge in [-0.15, -0.1) is 11.3 Å². The van der Waals surface area contributed by atoms with Crippen molar-refractivity contribution in [2.75, 3.05) is 68.8 Å². The summed E-state index contributed by atoms with van der Waals surface area (Å²) >= 11 is 1.44. The number of carbonyl (C=O) groups excluding carboxylic acids is 2. The van der Waals surface area contributed by atoms with Crippen LogP contribution in [0.2, 0.25) is 0 Å². The Labute approximate surface area is 214 Å². The van der Waals surface area contributed by atoms with Gasteiger partial charge in [-0.05, 0) is 38.5 Å². The van der Waals surface area contributed by atoms with Gasteiger partial charge in [0.15, 0.2) is 0 Å². The first-order chi connectivity index (χ1) is 17.5. The molecule has 10 nitrogen and oxygen atoms in total. The average Bonchev–Trinajstić information content (AvgIpc) is 3.24. The molecule has 0 aliphatic carbocycles. The fourth-order valence-electron chi connectivity index (χ4n) is 4.79. The normalized spacial score (nSPS) is 16.5. The third-order valence-corrected chi connectivity index (χ3v) is 7.90. The van der Waals surface area contributed by atoms with Gasteiger partial charge < -0.3 is 24.3 Å². The van der Waals surface area contributed by atoms with E-state index in [1.807, 2.05) is 43.1 Å². The number of hydrogen-bond acceptors (Lipinski definition) is 9. The van der Waals surface area contributed by atoms with Crippen molar-refractivity contribution in [2.45, 2.75) is 20.8 Å². The summed E-state index contributed by atoms with van der Waals surface area (Å²) in [4.78, 5) is 49.1. The van der Waals surface area contributed by atoms with Crippen molar-refractivity contribution in [3.8, 4) is 0 Å². The van der Waals surface area contributed by atoms with E-state index >= 15 is 0 Å². The predicted molar refractivity (Wildman–Crippen MR) is 140 cm³/mol.